The van der Waals surface area contributed by atoms with Crippen LogP contribution in [0.1, 0.15) is 0 Å². The highest BCUT2D eigenvalue weighted by Crippen LogP contribution is 1.79. The van der Waals surface area contributed by atoms with E-state index in [2.05, 4.69) is 13.2 Å². The van der Waals surface area contributed by atoms with Gasteiger partial charge < -0.3 is 5.11 Å². The van der Waals surface area contributed by atoms with Gasteiger partial charge in [0.2, 0.25) is 0 Å². The third-order valence-corrected chi connectivity index (χ3v) is 2.30. The molecule has 0 aliphatic rings. The van der Waals surface area contributed by atoms with Crippen LogP contribution in [-0.4, -0.2) is 24.8 Å². The molecule has 0 aromatic carbocycles. The van der Waals surface area contributed by atoms with E-state index in [1.165, 1.54) is 12.2 Å². The molecule has 0 aliphatic carbocycles. The molecule has 0 spiro atoms. The van der Waals surface area contributed by atoms with Gasteiger partial charge in [0, 0.05) is 0 Å². The number of allylic oxidation sites excluding steroid dienone is 2. The van der Waals surface area contributed by atoms with Crippen LogP contribution in [-0.2, 0) is 24.4 Å². The minimum absolute atomic E-state index is 0.116. The largest absolute Gasteiger partial charge is 0.480 e. The Morgan fingerprint density at radius 3 is 1.63 bits per heavy atom. The predicted octanol–water partition coefficient (Wildman–Crippen LogP) is -1.37. The number of aliphatic carboxylic acids is 1. The van der Waals surface area contributed by atoms with Crippen LogP contribution in [0.15, 0.2) is 39.7 Å². The molecule has 8 nitrogen and oxygen atoms in total. The first-order valence-electron chi connectivity index (χ1n) is 5.32. The van der Waals surface area contributed by atoms with Crippen LogP contribution in [0.5, 0.6) is 0 Å². The number of carbonyl (C=O) groups is 1. The van der Waals surface area contributed by atoms with Gasteiger partial charge in [-0.3, -0.25) is 4.79 Å². The summed E-state index contributed by atoms with van der Waals surface area (Å²) in [6.45, 7) is 5.74. The lowest BCUT2D eigenvalue weighted by atomic mass is 10.5. The number of nitrogens with zero attached hydrogens (tertiary/aromatic N) is 3. The fourth-order valence-electron chi connectivity index (χ4n) is 1.52. The Kier molecular flexibility index (Phi) is 4.41. The van der Waals surface area contributed by atoms with E-state index >= 15 is 0 Å². The second-order valence-corrected chi connectivity index (χ2v) is 3.63. The number of carboxylic acids is 1. The minimum atomic E-state index is -1.35. The van der Waals surface area contributed by atoms with E-state index in [0.29, 0.717) is 4.57 Å². The molecule has 0 unspecified atom stereocenters. The second-order valence-electron chi connectivity index (χ2n) is 3.63. The van der Waals surface area contributed by atoms with Gasteiger partial charge in [-0.2, -0.15) is 0 Å². The van der Waals surface area contributed by atoms with Crippen LogP contribution >= 0.6 is 0 Å². The van der Waals surface area contributed by atoms with Crippen molar-refractivity contribution in [1.29, 1.82) is 0 Å². The Hall–Kier alpha value is -2.64. The van der Waals surface area contributed by atoms with Gasteiger partial charge in [-0.15, -0.1) is 13.2 Å². The van der Waals surface area contributed by atoms with Gasteiger partial charge in [-0.05, 0) is 0 Å². The molecule has 0 atom stereocenters. The molecule has 0 bridgehead atoms. The van der Waals surface area contributed by atoms with E-state index in [9.17, 15) is 19.2 Å². The summed E-state index contributed by atoms with van der Waals surface area (Å²) in [4.78, 5) is 46.3. The van der Waals surface area contributed by atoms with Crippen molar-refractivity contribution in [2.45, 2.75) is 19.6 Å². The van der Waals surface area contributed by atoms with Gasteiger partial charge in [0.1, 0.15) is 6.54 Å². The minimum Gasteiger partial charge on any atom is -0.480 e. The van der Waals surface area contributed by atoms with Crippen LogP contribution in [0.3, 0.4) is 0 Å². The molecule has 1 rings (SSSR count). The smallest absolute Gasteiger partial charge is 0.337 e. The van der Waals surface area contributed by atoms with Crippen molar-refractivity contribution in [1.82, 2.24) is 13.7 Å². The van der Waals surface area contributed by atoms with Crippen molar-refractivity contribution in [3.63, 3.8) is 0 Å². The van der Waals surface area contributed by atoms with E-state index in [4.69, 9.17) is 5.11 Å². The topological polar surface area (TPSA) is 103 Å². The van der Waals surface area contributed by atoms with Crippen molar-refractivity contribution < 1.29 is 9.90 Å². The first-order chi connectivity index (χ1) is 8.93. The molecule has 0 radical (unpaired) electrons. The highest BCUT2D eigenvalue weighted by atomic mass is 16.4. The molecule has 0 aliphatic heterocycles. The molecular formula is C11H13N3O5. The summed E-state index contributed by atoms with van der Waals surface area (Å²) >= 11 is 0. The molecule has 1 N–H and O–H groups in total. The lowest BCUT2D eigenvalue weighted by Crippen LogP contribution is -2.55. The third kappa shape index (κ3) is 2.79. The maximum atomic E-state index is 11.9. The Labute approximate surface area is 107 Å². The third-order valence-electron chi connectivity index (χ3n) is 2.30. The summed E-state index contributed by atoms with van der Waals surface area (Å²) in [5.74, 6) is -1.35. The Morgan fingerprint density at radius 2 is 1.32 bits per heavy atom. The summed E-state index contributed by atoms with van der Waals surface area (Å²) in [7, 11) is 0. The number of rotatable bonds is 6. The standard InChI is InChI=1S/C11H13N3O5/c1-3-5-12-9(17)13(6-4-2)11(19)14(10(12)18)7-8(15)16/h3-4H,1-2,5-7H2,(H,15,16). The summed E-state index contributed by atoms with van der Waals surface area (Å²) in [6.07, 6.45) is 2.60. The molecule has 19 heavy (non-hydrogen) atoms. The Bertz CT molecular complexity index is 644. The summed E-state index contributed by atoms with van der Waals surface area (Å²) in [5, 5.41) is 8.69. The van der Waals surface area contributed by atoms with Crippen molar-refractivity contribution in [3.8, 4) is 0 Å². The first kappa shape index (κ1) is 14.4. The average molecular weight is 267 g/mol. The molecule has 1 aromatic rings. The second kappa shape index (κ2) is 5.80. The van der Waals surface area contributed by atoms with Crippen LogP contribution < -0.4 is 17.1 Å². The number of hydrogen-bond acceptors (Lipinski definition) is 4. The molecule has 0 saturated heterocycles. The van der Waals surface area contributed by atoms with E-state index < -0.39 is 29.6 Å². The molecule has 8 heteroatoms. The summed E-state index contributed by atoms with van der Waals surface area (Å²) < 4.78 is 1.96. The van der Waals surface area contributed by atoms with E-state index in [0.717, 1.165) is 9.13 Å². The first-order valence-corrected chi connectivity index (χ1v) is 5.32. The zero-order chi connectivity index (χ0) is 14.6. The maximum absolute atomic E-state index is 11.9. The highest BCUT2D eigenvalue weighted by Gasteiger charge is 2.15. The fourth-order valence-corrected chi connectivity index (χ4v) is 1.52. The molecule has 1 aromatic heterocycles. The van der Waals surface area contributed by atoms with Crippen LogP contribution in [0.25, 0.3) is 0 Å². The molecule has 0 saturated carbocycles. The van der Waals surface area contributed by atoms with Crippen molar-refractivity contribution in [2.75, 3.05) is 0 Å². The lowest BCUT2D eigenvalue weighted by Gasteiger charge is -2.10. The van der Waals surface area contributed by atoms with Crippen LogP contribution in [0.4, 0.5) is 0 Å². The van der Waals surface area contributed by atoms with Gasteiger partial charge in [0.05, 0.1) is 13.1 Å². The van der Waals surface area contributed by atoms with Gasteiger partial charge >= 0.3 is 23.0 Å². The quantitative estimate of drug-likeness (QED) is 0.640. The Morgan fingerprint density at radius 1 is 0.947 bits per heavy atom. The zero-order valence-corrected chi connectivity index (χ0v) is 10.1. The van der Waals surface area contributed by atoms with Crippen LogP contribution in [0, 0.1) is 0 Å². The molecule has 102 valence electrons. The lowest BCUT2D eigenvalue weighted by molar-refractivity contribution is -0.137. The average Bonchev–Trinajstić information content (AvgIpc) is 2.35. The van der Waals surface area contributed by atoms with E-state index in [-0.39, 0.29) is 13.1 Å². The monoisotopic (exact) mass is 267 g/mol. The van der Waals surface area contributed by atoms with Gasteiger partial charge in [0.25, 0.3) is 0 Å². The number of carboxylic acid groups (broad SMARTS) is 1. The van der Waals surface area contributed by atoms with Crippen molar-refractivity contribution >= 4 is 5.97 Å². The maximum Gasteiger partial charge on any atom is 0.337 e. The SMILES string of the molecule is C=CCn1c(=O)n(CC=C)c(=O)n(CC(=O)O)c1=O. The molecule has 0 amide bonds. The fraction of sp³-hybridized carbons (Fsp3) is 0.273. The van der Waals surface area contributed by atoms with Gasteiger partial charge in [-0.25, -0.2) is 28.1 Å². The number of aromatic nitrogens is 3. The van der Waals surface area contributed by atoms with Crippen molar-refractivity contribution in [2.24, 2.45) is 0 Å². The normalized spacial score (nSPS) is 10.1. The van der Waals surface area contributed by atoms with Gasteiger partial charge in [0.15, 0.2) is 0 Å². The zero-order valence-electron chi connectivity index (χ0n) is 10.1. The number of hydrogen-bond donors (Lipinski definition) is 1. The predicted molar refractivity (Wildman–Crippen MR) is 67.3 cm³/mol. The molecular weight excluding hydrogens is 254 g/mol. The molecule has 0 fully saturated rings. The Balaban J connectivity index is 3.73. The van der Waals surface area contributed by atoms with Crippen molar-refractivity contribution in [3.05, 3.63) is 56.8 Å². The van der Waals surface area contributed by atoms with Gasteiger partial charge in [-0.1, -0.05) is 12.2 Å². The highest BCUT2D eigenvalue weighted by molar-refractivity contribution is 5.66. The summed E-state index contributed by atoms with van der Waals surface area (Å²) in [6, 6.07) is 0. The summed E-state index contributed by atoms with van der Waals surface area (Å²) in [5.41, 5.74) is -2.77. The van der Waals surface area contributed by atoms with Crippen LogP contribution in [0.2, 0.25) is 0 Å². The van der Waals surface area contributed by atoms with E-state index in [1.54, 1.807) is 0 Å². The molecule has 1 heterocycles. The van der Waals surface area contributed by atoms with E-state index in [1.807, 2.05) is 0 Å².